The number of carbonyl (C=O) groups is 2. The van der Waals surface area contributed by atoms with Crippen LogP contribution in [0.3, 0.4) is 0 Å². The molecule has 1 saturated heterocycles. The minimum atomic E-state index is -3.73. The van der Waals surface area contributed by atoms with Crippen molar-refractivity contribution in [2.45, 2.75) is 24.3 Å². The van der Waals surface area contributed by atoms with Crippen molar-refractivity contribution in [3.8, 4) is 0 Å². The van der Waals surface area contributed by atoms with Crippen molar-refractivity contribution in [2.75, 3.05) is 20.6 Å². The summed E-state index contributed by atoms with van der Waals surface area (Å²) in [5.74, 6) is -0.448. The maximum absolute atomic E-state index is 12.5. The SMILES string of the molecule is CC(c1ccc(S(N)(=O)=O)cc1)N(C)C(=O)C1CC(=O)N(C)C1. The molecule has 2 amide bonds. The van der Waals surface area contributed by atoms with Gasteiger partial charge < -0.3 is 9.80 Å². The van der Waals surface area contributed by atoms with Gasteiger partial charge in [-0.05, 0) is 24.6 Å². The highest BCUT2D eigenvalue weighted by Gasteiger charge is 2.35. The number of likely N-dealkylation sites (tertiary alicyclic amines) is 1. The van der Waals surface area contributed by atoms with Gasteiger partial charge in [0.25, 0.3) is 0 Å². The highest BCUT2D eigenvalue weighted by molar-refractivity contribution is 7.89. The summed E-state index contributed by atoms with van der Waals surface area (Å²) in [6.07, 6.45) is 0.233. The smallest absolute Gasteiger partial charge is 0.238 e. The Kier molecular flexibility index (Phi) is 4.76. The molecule has 2 unspecified atom stereocenters. The summed E-state index contributed by atoms with van der Waals surface area (Å²) in [6.45, 7) is 2.28. The van der Waals surface area contributed by atoms with Crippen molar-refractivity contribution in [1.82, 2.24) is 9.80 Å². The van der Waals surface area contributed by atoms with Crippen LogP contribution in [0.4, 0.5) is 0 Å². The van der Waals surface area contributed by atoms with E-state index in [9.17, 15) is 18.0 Å². The second-order valence-corrected chi connectivity index (χ2v) is 7.48. The fourth-order valence-electron chi connectivity index (χ4n) is 2.67. The summed E-state index contributed by atoms with van der Waals surface area (Å²) in [7, 11) is -0.361. The Morgan fingerprint density at radius 2 is 1.91 bits per heavy atom. The van der Waals surface area contributed by atoms with Crippen LogP contribution in [0.2, 0.25) is 0 Å². The van der Waals surface area contributed by atoms with E-state index in [1.807, 2.05) is 6.92 Å². The zero-order chi connectivity index (χ0) is 17.4. The minimum absolute atomic E-state index is 0.0260. The van der Waals surface area contributed by atoms with Gasteiger partial charge in [-0.15, -0.1) is 0 Å². The highest BCUT2D eigenvalue weighted by atomic mass is 32.2. The molecule has 0 radical (unpaired) electrons. The Bertz CT molecular complexity index is 715. The van der Waals surface area contributed by atoms with Crippen molar-refractivity contribution in [3.63, 3.8) is 0 Å². The molecule has 1 aromatic rings. The first-order chi connectivity index (χ1) is 10.6. The van der Waals surface area contributed by atoms with Gasteiger partial charge in [0, 0.05) is 27.1 Å². The number of nitrogens with zero attached hydrogens (tertiary/aromatic N) is 2. The van der Waals surface area contributed by atoms with Crippen LogP contribution in [0.25, 0.3) is 0 Å². The quantitative estimate of drug-likeness (QED) is 0.854. The monoisotopic (exact) mass is 339 g/mol. The molecule has 1 fully saturated rings. The van der Waals surface area contributed by atoms with E-state index in [0.717, 1.165) is 5.56 Å². The first-order valence-corrected chi connectivity index (χ1v) is 8.79. The lowest BCUT2D eigenvalue weighted by Crippen LogP contribution is -2.36. The van der Waals surface area contributed by atoms with Crippen molar-refractivity contribution < 1.29 is 18.0 Å². The van der Waals surface area contributed by atoms with Gasteiger partial charge in [0.2, 0.25) is 21.8 Å². The van der Waals surface area contributed by atoms with Gasteiger partial charge in [0.05, 0.1) is 16.9 Å². The topological polar surface area (TPSA) is 101 Å². The molecule has 1 aliphatic heterocycles. The van der Waals surface area contributed by atoms with E-state index in [4.69, 9.17) is 5.14 Å². The molecule has 1 aromatic carbocycles. The van der Waals surface area contributed by atoms with Gasteiger partial charge in [-0.3, -0.25) is 9.59 Å². The van der Waals surface area contributed by atoms with Crippen LogP contribution in [0.15, 0.2) is 29.2 Å². The van der Waals surface area contributed by atoms with E-state index in [2.05, 4.69) is 0 Å². The van der Waals surface area contributed by atoms with Crippen LogP contribution in [-0.4, -0.2) is 50.7 Å². The van der Waals surface area contributed by atoms with E-state index >= 15 is 0 Å². The second kappa shape index (κ2) is 6.29. The van der Waals surface area contributed by atoms with E-state index in [-0.39, 0.29) is 35.1 Å². The third-order valence-electron chi connectivity index (χ3n) is 4.31. The average Bonchev–Trinajstić information content (AvgIpc) is 2.83. The molecule has 0 aliphatic carbocycles. The van der Waals surface area contributed by atoms with Crippen LogP contribution < -0.4 is 5.14 Å². The molecule has 0 saturated carbocycles. The molecule has 2 rings (SSSR count). The van der Waals surface area contributed by atoms with Crippen LogP contribution in [-0.2, 0) is 19.6 Å². The molecule has 2 N–H and O–H groups in total. The zero-order valence-electron chi connectivity index (χ0n) is 13.4. The highest BCUT2D eigenvalue weighted by Crippen LogP contribution is 2.25. The number of hydrogen-bond donors (Lipinski definition) is 1. The molecule has 0 spiro atoms. The zero-order valence-corrected chi connectivity index (χ0v) is 14.2. The summed E-state index contributed by atoms with van der Waals surface area (Å²) >= 11 is 0. The molecule has 1 aliphatic rings. The van der Waals surface area contributed by atoms with Crippen molar-refractivity contribution in [3.05, 3.63) is 29.8 Å². The van der Waals surface area contributed by atoms with Crippen LogP contribution >= 0.6 is 0 Å². The fraction of sp³-hybridized carbons (Fsp3) is 0.467. The van der Waals surface area contributed by atoms with Crippen LogP contribution in [0, 0.1) is 5.92 Å². The lowest BCUT2D eigenvalue weighted by molar-refractivity contribution is -0.136. The Morgan fingerprint density at radius 1 is 1.35 bits per heavy atom. The van der Waals surface area contributed by atoms with Crippen LogP contribution in [0.5, 0.6) is 0 Å². The lowest BCUT2D eigenvalue weighted by Gasteiger charge is -2.27. The molecular formula is C15H21N3O4S. The Labute approximate surface area is 136 Å². The first kappa shape index (κ1) is 17.4. The average molecular weight is 339 g/mol. The van der Waals surface area contributed by atoms with Crippen molar-refractivity contribution >= 4 is 21.8 Å². The Morgan fingerprint density at radius 3 is 2.35 bits per heavy atom. The summed E-state index contributed by atoms with van der Waals surface area (Å²) in [4.78, 5) is 27.3. The van der Waals surface area contributed by atoms with E-state index in [1.54, 1.807) is 36.0 Å². The summed E-state index contributed by atoms with van der Waals surface area (Å²) in [5.41, 5.74) is 0.797. The number of primary sulfonamides is 1. The standard InChI is InChI=1S/C15H21N3O4S/c1-10(11-4-6-13(7-5-11)23(16,21)22)18(3)15(20)12-8-14(19)17(2)9-12/h4-7,10,12H,8-9H2,1-3H3,(H2,16,21,22). The number of nitrogens with two attached hydrogens (primary N) is 1. The largest absolute Gasteiger partial charge is 0.345 e. The predicted molar refractivity (Wildman–Crippen MR) is 84.7 cm³/mol. The van der Waals surface area contributed by atoms with E-state index in [0.29, 0.717) is 6.54 Å². The molecule has 8 heteroatoms. The van der Waals surface area contributed by atoms with E-state index in [1.165, 1.54) is 12.1 Å². The molecule has 126 valence electrons. The number of rotatable bonds is 4. The molecule has 7 nitrogen and oxygen atoms in total. The number of hydrogen-bond acceptors (Lipinski definition) is 4. The number of benzene rings is 1. The maximum Gasteiger partial charge on any atom is 0.238 e. The molecular weight excluding hydrogens is 318 g/mol. The molecule has 0 bridgehead atoms. The maximum atomic E-state index is 12.5. The van der Waals surface area contributed by atoms with Gasteiger partial charge in [0.15, 0.2) is 0 Å². The number of amides is 2. The lowest BCUT2D eigenvalue weighted by atomic mass is 10.0. The summed E-state index contributed by atoms with van der Waals surface area (Å²) in [6, 6.07) is 5.89. The normalized spacial score (nSPS) is 19.7. The fourth-order valence-corrected chi connectivity index (χ4v) is 3.18. The third-order valence-corrected chi connectivity index (χ3v) is 5.24. The minimum Gasteiger partial charge on any atom is -0.345 e. The Hall–Kier alpha value is -1.93. The number of carbonyl (C=O) groups excluding carboxylic acids is 2. The van der Waals surface area contributed by atoms with Crippen molar-refractivity contribution in [2.24, 2.45) is 11.1 Å². The van der Waals surface area contributed by atoms with Gasteiger partial charge in [0.1, 0.15) is 0 Å². The first-order valence-electron chi connectivity index (χ1n) is 7.24. The summed E-state index contributed by atoms with van der Waals surface area (Å²) in [5, 5.41) is 5.07. The van der Waals surface area contributed by atoms with E-state index < -0.39 is 10.0 Å². The van der Waals surface area contributed by atoms with Gasteiger partial charge >= 0.3 is 0 Å². The molecule has 2 atom stereocenters. The van der Waals surface area contributed by atoms with Crippen LogP contribution in [0.1, 0.15) is 24.9 Å². The van der Waals surface area contributed by atoms with Gasteiger partial charge in [-0.2, -0.15) is 0 Å². The van der Waals surface area contributed by atoms with Gasteiger partial charge in [-0.25, -0.2) is 13.6 Å². The molecule has 23 heavy (non-hydrogen) atoms. The Balaban J connectivity index is 2.11. The number of sulfonamides is 1. The third kappa shape index (κ3) is 3.70. The molecule has 0 aromatic heterocycles. The molecule has 1 heterocycles. The van der Waals surface area contributed by atoms with Crippen molar-refractivity contribution in [1.29, 1.82) is 0 Å². The summed E-state index contributed by atoms with van der Waals surface area (Å²) < 4.78 is 22.5. The second-order valence-electron chi connectivity index (χ2n) is 5.91. The predicted octanol–water partition coefficient (Wildman–Crippen LogP) is 0.332. The van der Waals surface area contributed by atoms with Gasteiger partial charge in [-0.1, -0.05) is 12.1 Å².